The van der Waals surface area contributed by atoms with E-state index in [0.717, 1.165) is 16.9 Å². The number of nitrogens with zero attached hydrogens (tertiary/aromatic N) is 3. The molecule has 128 valence electrons. The molecule has 5 nitrogen and oxygen atoms in total. The highest BCUT2D eigenvalue weighted by Crippen LogP contribution is 2.33. The molecule has 9 heteroatoms. The molecule has 1 aromatic heterocycles. The number of nitrogens with one attached hydrogen (secondary N) is 1. The predicted octanol–water partition coefficient (Wildman–Crippen LogP) is 4.19. The molecule has 3 rings (SSSR count). The summed E-state index contributed by atoms with van der Waals surface area (Å²) in [5.74, 6) is -0.599. The molecule has 0 atom stereocenters. The van der Waals surface area contributed by atoms with E-state index in [9.17, 15) is 18.0 Å². The number of rotatable bonds is 3. The number of hydrogen-bond acceptors (Lipinski definition) is 3. The maximum absolute atomic E-state index is 13.1. The lowest BCUT2D eigenvalue weighted by molar-refractivity contribution is -0.137. The Kier molecular flexibility index (Phi) is 4.45. The molecule has 0 radical (unpaired) electrons. The molecule has 25 heavy (non-hydrogen) atoms. The highest BCUT2D eigenvalue weighted by Gasteiger charge is 2.34. The fourth-order valence-electron chi connectivity index (χ4n) is 2.13. The van der Waals surface area contributed by atoms with E-state index in [1.165, 1.54) is 18.2 Å². The molecule has 0 spiro atoms. The molecule has 1 heterocycles. The van der Waals surface area contributed by atoms with E-state index in [1.54, 1.807) is 24.3 Å². The number of para-hydroxylation sites is 1. The molecule has 0 aliphatic carbocycles. The van der Waals surface area contributed by atoms with E-state index in [0.29, 0.717) is 10.7 Å². The molecule has 3 aromatic rings. The molecule has 2 aromatic carbocycles. The van der Waals surface area contributed by atoms with Crippen molar-refractivity contribution in [2.75, 3.05) is 5.32 Å². The molecule has 0 saturated heterocycles. The summed E-state index contributed by atoms with van der Waals surface area (Å²) in [4.78, 5) is 12.1. The summed E-state index contributed by atoms with van der Waals surface area (Å²) in [7, 11) is 0. The van der Waals surface area contributed by atoms with Crippen molar-refractivity contribution in [1.29, 1.82) is 0 Å². The number of hydrogen-bond donors (Lipinski definition) is 1. The highest BCUT2D eigenvalue weighted by molar-refractivity contribution is 6.30. The van der Waals surface area contributed by atoms with E-state index in [2.05, 4.69) is 15.6 Å². The van der Waals surface area contributed by atoms with Crippen molar-refractivity contribution in [3.05, 3.63) is 71.0 Å². The largest absolute Gasteiger partial charge is 0.418 e. The molecular formula is C16H10ClF3N4O. The van der Waals surface area contributed by atoms with Crippen molar-refractivity contribution < 1.29 is 18.0 Å². The topological polar surface area (TPSA) is 59.8 Å². The molecule has 1 N–H and O–H groups in total. The van der Waals surface area contributed by atoms with Crippen LogP contribution in [-0.2, 0) is 6.18 Å². The predicted molar refractivity (Wildman–Crippen MR) is 85.8 cm³/mol. The van der Waals surface area contributed by atoms with Crippen LogP contribution in [0.15, 0.2) is 54.7 Å². The Hall–Kier alpha value is -2.87. The van der Waals surface area contributed by atoms with Gasteiger partial charge in [0.1, 0.15) is 0 Å². The highest BCUT2D eigenvalue weighted by atomic mass is 35.5. The minimum atomic E-state index is -4.55. The van der Waals surface area contributed by atoms with Crippen molar-refractivity contribution in [1.82, 2.24) is 15.0 Å². The fourth-order valence-corrected chi connectivity index (χ4v) is 2.25. The van der Waals surface area contributed by atoms with Crippen LogP contribution in [-0.4, -0.2) is 20.9 Å². The van der Waals surface area contributed by atoms with Crippen LogP contribution in [0.1, 0.15) is 16.1 Å². The van der Waals surface area contributed by atoms with Crippen molar-refractivity contribution in [3.8, 4) is 5.69 Å². The van der Waals surface area contributed by atoms with Gasteiger partial charge in [0.15, 0.2) is 5.69 Å². The Morgan fingerprint density at radius 2 is 1.76 bits per heavy atom. The third-order valence-corrected chi connectivity index (χ3v) is 3.54. The maximum Gasteiger partial charge on any atom is 0.418 e. The molecule has 0 aliphatic heterocycles. The van der Waals surface area contributed by atoms with Crippen LogP contribution < -0.4 is 5.32 Å². The summed E-state index contributed by atoms with van der Waals surface area (Å²) in [5.41, 5.74) is -0.732. The Bertz CT molecular complexity index is 906. The van der Waals surface area contributed by atoms with Crippen molar-refractivity contribution in [2.24, 2.45) is 0 Å². The number of halogens is 4. The van der Waals surface area contributed by atoms with E-state index in [1.807, 2.05) is 0 Å². The second-order valence-electron chi connectivity index (χ2n) is 5.02. The van der Waals surface area contributed by atoms with Gasteiger partial charge >= 0.3 is 6.18 Å². The number of amides is 1. The molecule has 1 amide bonds. The number of aromatic nitrogens is 3. The molecule has 0 aliphatic rings. The van der Waals surface area contributed by atoms with Crippen molar-refractivity contribution in [2.45, 2.75) is 6.18 Å². The zero-order valence-electron chi connectivity index (χ0n) is 12.5. The lowest BCUT2D eigenvalue weighted by atomic mass is 10.1. The second-order valence-corrected chi connectivity index (χ2v) is 5.46. The van der Waals surface area contributed by atoms with Crippen LogP contribution in [0.2, 0.25) is 5.02 Å². The third-order valence-electron chi connectivity index (χ3n) is 3.28. The van der Waals surface area contributed by atoms with Crippen LogP contribution in [0.3, 0.4) is 0 Å². The van der Waals surface area contributed by atoms with E-state index < -0.39 is 17.6 Å². The first kappa shape index (κ1) is 17.0. The first-order chi connectivity index (χ1) is 11.8. The third kappa shape index (κ3) is 3.80. The number of benzene rings is 2. The minimum Gasteiger partial charge on any atom is -0.321 e. The summed E-state index contributed by atoms with van der Waals surface area (Å²) in [6, 6.07) is 11.3. The maximum atomic E-state index is 13.1. The Morgan fingerprint density at radius 1 is 1.08 bits per heavy atom. The average molecular weight is 367 g/mol. The van der Waals surface area contributed by atoms with E-state index in [-0.39, 0.29) is 11.4 Å². The quantitative estimate of drug-likeness (QED) is 0.756. The van der Waals surface area contributed by atoms with Gasteiger partial charge in [0.05, 0.1) is 17.4 Å². The van der Waals surface area contributed by atoms with Crippen LogP contribution in [0, 0.1) is 0 Å². The normalized spacial score (nSPS) is 11.4. The summed E-state index contributed by atoms with van der Waals surface area (Å²) < 4.78 is 40.1. The summed E-state index contributed by atoms with van der Waals surface area (Å²) in [6.45, 7) is 0. The van der Waals surface area contributed by atoms with Gasteiger partial charge in [0, 0.05) is 10.7 Å². The zero-order chi connectivity index (χ0) is 18.0. The van der Waals surface area contributed by atoms with Gasteiger partial charge < -0.3 is 5.32 Å². The van der Waals surface area contributed by atoms with E-state index >= 15 is 0 Å². The van der Waals surface area contributed by atoms with Gasteiger partial charge in [-0.05, 0) is 36.4 Å². The molecule has 0 fully saturated rings. The monoisotopic (exact) mass is 366 g/mol. The first-order valence-corrected chi connectivity index (χ1v) is 7.38. The number of alkyl halides is 3. The Morgan fingerprint density at radius 3 is 2.44 bits per heavy atom. The van der Waals surface area contributed by atoms with Gasteiger partial charge in [0.2, 0.25) is 0 Å². The lowest BCUT2D eigenvalue weighted by Gasteiger charge is -2.11. The van der Waals surface area contributed by atoms with Crippen molar-refractivity contribution >= 4 is 23.2 Å². The van der Waals surface area contributed by atoms with Crippen LogP contribution in [0.25, 0.3) is 5.69 Å². The molecule has 0 saturated carbocycles. The average Bonchev–Trinajstić information content (AvgIpc) is 3.06. The van der Waals surface area contributed by atoms with E-state index in [4.69, 9.17) is 11.6 Å². The Labute approximate surface area is 145 Å². The standard InChI is InChI=1S/C16H10ClF3N4O/c17-10-5-7-11(8-6-10)21-15(25)13-9-24(23-22-13)14-4-2-1-3-12(14)16(18,19)20/h1-9H,(H,21,25). The number of carbonyl (C=O) groups is 1. The molecule has 0 bridgehead atoms. The SMILES string of the molecule is O=C(Nc1ccc(Cl)cc1)c1cn(-c2ccccc2C(F)(F)F)nn1. The number of carbonyl (C=O) groups excluding carboxylic acids is 1. The zero-order valence-corrected chi connectivity index (χ0v) is 13.2. The molecular weight excluding hydrogens is 357 g/mol. The van der Waals surface area contributed by atoms with Gasteiger partial charge in [-0.15, -0.1) is 5.10 Å². The lowest BCUT2D eigenvalue weighted by Crippen LogP contribution is -2.12. The minimum absolute atomic E-state index is 0.119. The Balaban J connectivity index is 1.86. The second kappa shape index (κ2) is 6.56. The summed E-state index contributed by atoms with van der Waals surface area (Å²) in [5, 5.41) is 10.3. The smallest absolute Gasteiger partial charge is 0.321 e. The first-order valence-electron chi connectivity index (χ1n) is 7.00. The van der Waals surface area contributed by atoms with Gasteiger partial charge in [0.25, 0.3) is 5.91 Å². The van der Waals surface area contributed by atoms with Gasteiger partial charge in [-0.1, -0.05) is 28.9 Å². The van der Waals surface area contributed by atoms with Gasteiger partial charge in [-0.2, -0.15) is 13.2 Å². The number of anilines is 1. The molecule has 0 unspecified atom stereocenters. The van der Waals surface area contributed by atoms with Gasteiger partial charge in [-0.25, -0.2) is 4.68 Å². The summed E-state index contributed by atoms with van der Waals surface area (Å²) >= 11 is 5.76. The fraction of sp³-hybridized carbons (Fsp3) is 0.0625. The van der Waals surface area contributed by atoms with Crippen molar-refractivity contribution in [3.63, 3.8) is 0 Å². The van der Waals surface area contributed by atoms with Gasteiger partial charge in [-0.3, -0.25) is 4.79 Å². The van der Waals surface area contributed by atoms with Crippen LogP contribution in [0.5, 0.6) is 0 Å². The van der Waals surface area contributed by atoms with Crippen LogP contribution >= 0.6 is 11.6 Å². The summed E-state index contributed by atoms with van der Waals surface area (Å²) in [6.07, 6.45) is -3.41. The van der Waals surface area contributed by atoms with Crippen LogP contribution in [0.4, 0.5) is 18.9 Å².